The molecule has 13 heteroatoms. The van der Waals surface area contributed by atoms with Crippen LogP contribution in [-0.4, -0.2) is 67.2 Å². The highest BCUT2D eigenvalue weighted by Gasteiger charge is 2.31. The molecule has 3 N–H and O–H groups in total. The van der Waals surface area contributed by atoms with Crippen LogP contribution in [0.25, 0.3) is 10.2 Å². The Morgan fingerprint density at radius 3 is 2.63 bits per heavy atom. The molecule has 30 heavy (non-hydrogen) atoms. The van der Waals surface area contributed by atoms with Gasteiger partial charge in [0.25, 0.3) is 0 Å². The van der Waals surface area contributed by atoms with Crippen molar-refractivity contribution in [2.75, 3.05) is 38.5 Å². The molecule has 0 saturated heterocycles. The molecule has 164 valence electrons. The smallest absolute Gasteiger partial charge is 0.406 e. The van der Waals surface area contributed by atoms with E-state index in [0.717, 1.165) is 17.4 Å². The number of fused-ring (bicyclic) bond motifs is 1. The van der Waals surface area contributed by atoms with Crippen LogP contribution in [-0.2, 0) is 14.4 Å². The molecule has 0 bridgehead atoms. The first-order valence-corrected chi connectivity index (χ1v) is 9.50. The molecule has 0 fully saturated rings. The van der Waals surface area contributed by atoms with Gasteiger partial charge in [0.2, 0.25) is 17.7 Å². The van der Waals surface area contributed by atoms with Crippen molar-refractivity contribution in [3.8, 4) is 5.75 Å². The number of alkyl halides is 3. The maximum Gasteiger partial charge on any atom is 0.573 e. The molecule has 0 unspecified atom stereocenters. The first kappa shape index (κ1) is 23.3. The molecule has 3 amide bonds. The summed E-state index contributed by atoms with van der Waals surface area (Å²) in [6.45, 7) is 1.92. The lowest BCUT2D eigenvalue weighted by Gasteiger charge is -2.16. The minimum atomic E-state index is -4.80. The van der Waals surface area contributed by atoms with E-state index in [0.29, 0.717) is 23.3 Å². The van der Waals surface area contributed by atoms with Gasteiger partial charge in [-0.3, -0.25) is 14.4 Å². The Morgan fingerprint density at radius 2 is 1.97 bits per heavy atom. The maximum absolute atomic E-state index is 12.3. The largest absolute Gasteiger partial charge is 0.573 e. The fourth-order valence-corrected chi connectivity index (χ4v) is 3.19. The van der Waals surface area contributed by atoms with Crippen molar-refractivity contribution < 1.29 is 32.3 Å². The molecule has 0 aliphatic rings. The van der Waals surface area contributed by atoms with E-state index in [1.165, 1.54) is 31.0 Å². The van der Waals surface area contributed by atoms with Crippen LogP contribution in [0.2, 0.25) is 0 Å². The standard InChI is InChI=1S/C17H20F3N5O4S/c1-10(26)22-6-5-21-8-15(28)25(2)9-14(27)24-16-23-12-4-3-11(7-13(12)30-16)29-17(18,19)20/h3-4,7,21H,5-6,8-9H2,1-2H3,(H,22,26)(H,23,24,27). The summed E-state index contributed by atoms with van der Waals surface area (Å²) in [4.78, 5) is 40.2. The number of hydrogen-bond acceptors (Lipinski definition) is 7. The lowest BCUT2D eigenvalue weighted by molar-refractivity contribution is -0.274. The molecule has 2 rings (SSSR count). The van der Waals surface area contributed by atoms with E-state index < -0.39 is 12.3 Å². The number of carbonyl (C=O) groups is 3. The summed E-state index contributed by atoms with van der Waals surface area (Å²) in [5.41, 5.74) is 0.401. The van der Waals surface area contributed by atoms with Crippen LogP contribution < -0.4 is 20.7 Å². The Morgan fingerprint density at radius 1 is 1.23 bits per heavy atom. The predicted molar refractivity (Wildman–Crippen MR) is 104 cm³/mol. The third-order valence-corrected chi connectivity index (χ3v) is 4.53. The molecule has 1 aromatic heterocycles. The van der Waals surface area contributed by atoms with Crippen LogP contribution in [0.1, 0.15) is 6.92 Å². The van der Waals surface area contributed by atoms with Crippen molar-refractivity contribution in [1.29, 1.82) is 0 Å². The lowest BCUT2D eigenvalue weighted by atomic mass is 10.3. The first-order valence-electron chi connectivity index (χ1n) is 8.69. The van der Waals surface area contributed by atoms with Crippen molar-refractivity contribution in [3.05, 3.63) is 18.2 Å². The number of anilines is 1. The van der Waals surface area contributed by atoms with Crippen LogP contribution in [0.3, 0.4) is 0 Å². The van der Waals surface area contributed by atoms with E-state index in [-0.39, 0.29) is 35.8 Å². The second-order valence-electron chi connectivity index (χ2n) is 6.15. The van der Waals surface area contributed by atoms with E-state index in [1.54, 1.807) is 0 Å². The number of amides is 3. The van der Waals surface area contributed by atoms with E-state index >= 15 is 0 Å². The summed E-state index contributed by atoms with van der Waals surface area (Å²) in [6.07, 6.45) is -4.80. The SMILES string of the molecule is CC(=O)NCCNCC(=O)N(C)CC(=O)Nc1nc2ccc(OC(F)(F)F)cc2s1. The molecular weight excluding hydrogens is 427 g/mol. The summed E-state index contributed by atoms with van der Waals surface area (Å²) in [5, 5.41) is 8.12. The number of ether oxygens (including phenoxy) is 1. The third kappa shape index (κ3) is 7.83. The van der Waals surface area contributed by atoms with E-state index in [2.05, 4.69) is 25.7 Å². The molecular formula is C17H20F3N5O4S. The zero-order valence-corrected chi connectivity index (χ0v) is 16.9. The zero-order chi connectivity index (χ0) is 22.3. The van der Waals surface area contributed by atoms with Gasteiger partial charge in [-0.1, -0.05) is 11.3 Å². The van der Waals surface area contributed by atoms with Gasteiger partial charge in [-0.05, 0) is 12.1 Å². The zero-order valence-electron chi connectivity index (χ0n) is 16.1. The summed E-state index contributed by atoms with van der Waals surface area (Å²) >= 11 is 0.982. The van der Waals surface area contributed by atoms with Gasteiger partial charge >= 0.3 is 6.36 Å². The number of nitrogens with one attached hydrogen (secondary N) is 3. The average Bonchev–Trinajstić information content (AvgIpc) is 3.00. The van der Waals surface area contributed by atoms with Gasteiger partial charge in [-0.25, -0.2) is 4.98 Å². The summed E-state index contributed by atoms with van der Waals surface area (Å²) < 4.78 is 41.2. The molecule has 1 aromatic carbocycles. The Labute approximate surface area is 173 Å². The van der Waals surface area contributed by atoms with E-state index in [1.807, 2.05) is 0 Å². The number of carbonyl (C=O) groups excluding carboxylic acids is 3. The summed E-state index contributed by atoms with van der Waals surface area (Å²) in [5.74, 6) is -1.38. The predicted octanol–water partition coefficient (Wildman–Crippen LogP) is 1.32. The normalized spacial score (nSPS) is 11.2. The van der Waals surface area contributed by atoms with Crippen molar-refractivity contribution in [2.24, 2.45) is 0 Å². The second kappa shape index (κ2) is 10.2. The number of hydrogen-bond donors (Lipinski definition) is 3. The fourth-order valence-electron chi connectivity index (χ4n) is 2.28. The Kier molecular flexibility index (Phi) is 7.94. The third-order valence-electron chi connectivity index (χ3n) is 3.60. The Bertz CT molecular complexity index is 918. The number of likely N-dealkylation sites (N-methyl/N-ethyl adjacent to an activating group) is 1. The van der Waals surface area contributed by atoms with Crippen molar-refractivity contribution in [1.82, 2.24) is 20.5 Å². The minimum Gasteiger partial charge on any atom is -0.406 e. The average molecular weight is 447 g/mol. The van der Waals surface area contributed by atoms with Gasteiger partial charge in [0.15, 0.2) is 5.13 Å². The van der Waals surface area contributed by atoms with Crippen molar-refractivity contribution in [2.45, 2.75) is 13.3 Å². The van der Waals surface area contributed by atoms with Gasteiger partial charge in [0.05, 0.1) is 23.3 Å². The molecule has 0 saturated carbocycles. The van der Waals surface area contributed by atoms with Crippen molar-refractivity contribution >= 4 is 44.4 Å². The van der Waals surface area contributed by atoms with Crippen molar-refractivity contribution in [3.63, 3.8) is 0 Å². The van der Waals surface area contributed by atoms with Crippen LogP contribution in [0.4, 0.5) is 18.3 Å². The number of thiazole rings is 1. The lowest BCUT2D eigenvalue weighted by Crippen LogP contribution is -2.41. The monoisotopic (exact) mass is 447 g/mol. The van der Waals surface area contributed by atoms with Gasteiger partial charge in [-0.2, -0.15) is 0 Å². The second-order valence-corrected chi connectivity index (χ2v) is 7.18. The van der Waals surface area contributed by atoms with Crippen LogP contribution >= 0.6 is 11.3 Å². The number of halogens is 3. The molecule has 1 heterocycles. The highest BCUT2D eigenvalue weighted by molar-refractivity contribution is 7.22. The highest BCUT2D eigenvalue weighted by Crippen LogP contribution is 2.31. The minimum absolute atomic E-state index is 0.00746. The fraction of sp³-hybridized carbons (Fsp3) is 0.412. The molecule has 0 aliphatic heterocycles. The number of rotatable bonds is 9. The number of benzene rings is 1. The molecule has 0 radical (unpaired) electrons. The Hall–Kier alpha value is -2.93. The molecule has 0 atom stereocenters. The summed E-state index contributed by atoms with van der Waals surface area (Å²) in [6, 6.07) is 3.66. The van der Waals surface area contributed by atoms with Crippen LogP contribution in [0.15, 0.2) is 18.2 Å². The van der Waals surface area contributed by atoms with Gasteiger partial charge < -0.3 is 25.6 Å². The molecule has 2 aromatic rings. The van der Waals surface area contributed by atoms with Gasteiger partial charge in [-0.15, -0.1) is 13.2 Å². The number of nitrogens with zero attached hydrogens (tertiary/aromatic N) is 2. The van der Waals surface area contributed by atoms with E-state index in [4.69, 9.17) is 0 Å². The van der Waals surface area contributed by atoms with E-state index in [9.17, 15) is 27.6 Å². The van der Waals surface area contributed by atoms with Gasteiger partial charge in [0, 0.05) is 33.1 Å². The Balaban J connectivity index is 1.84. The molecule has 9 nitrogen and oxygen atoms in total. The van der Waals surface area contributed by atoms with Gasteiger partial charge in [0.1, 0.15) is 5.75 Å². The molecule has 0 aliphatic carbocycles. The number of aromatic nitrogens is 1. The first-order chi connectivity index (χ1) is 14.0. The molecule has 0 spiro atoms. The topological polar surface area (TPSA) is 113 Å². The van der Waals surface area contributed by atoms with Crippen LogP contribution in [0.5, 0.6) is 5.75 Å². The quantitative estimate of drug-likeness (QED) is 0.500. The highest BCUT2D eigenvalue weighted by atomic mass is 32.1. The maximum atomic E-state index is 12.3. The summed E-state index contributed by atoms with van der Waals surface area (Å²) in [7, 11) is 1.45. The van der Waals surface area contributed by atoms with Crippen LogP contribution in [0, 0.1) is 0 Å².